The molecule has 1 unspecified atom stereocenters. The number of hydrogen-bond acceptors (Lipinski definition) is 3. The van der Waals surface area contributed by atoms with E-state index in [1.807, 2.05) is 0 Å². The van der Waals surface area contributed by atoms with Gasteiger partial charge in [0.25, 0.3) is 5.91 Å². The first-order chi connectivity index (χ1) is 9.93. The molecule has 0 aliphatic carbocycles. The van der Waals surface area contributed by atoms with Crippen LogP contribution in [0.5, 0.6) is 0 Å². The number of allylic oxidation sites excluding steroid dienone is 1. The molecule has 0 fully saturated rings. The predicted octanol–water partition coefficient (Wildman–Crippen LogP) is 1.79. The van der Waals surface area contributed by atoms with Crippen LogP contribution >= 0.6 is 0 Å². The molecule has 0 spiro atoms. The smallest absolute Gasteiger partial charge is 0.326 e. The fourth-order valence-corrected chi connectivity index (χ4v) is 1.69. The average Bonchev–Trinajstić information content (AvgIpc) is 2.43. The third-order valence-electron chi connectivity index (χ3n) is 2.73. The lowest BCUT2D eigenvalue weighted by molar-refractivity contribution is -0.139. The summed E-state index contributed by atoms with van der Waals surface area (Å²) in [6, 6.07) is 5.25. The SMILES string of the molecule is C=CCCC(NC(=O)c1ccc(NC(C)=O)cc1)C(=O)O. The van der Waals surface area contributed by atoms with Gasteiger partial charge >= 0.3 is 5.97 Å². The van der Waals surface area contributed by atoms with Crippen LogP contribution in [0.2, 0.25) is 0 Å². The molecule has 1 atom stereocenters. The molecule has 6 nitrogen and oxygen atoms in total. The van der Waals surface area contributed by atoms with Crippen molar-refractivity contribution < 1.29 is 19.5 Å². The molecule has 0 bridgehead atoms. The quantitative estimate of drug-likeness (QED) is 0.667. The molecule has 1 rings (SSSR count). The average molecular weight is 290 g/mol. The van der Waals surface area contributed by atoms with Crippen molar-refractivity contribution in [3.63, 3.8) is 0 Å². The van der Waals surface area contributed by atoms with E-state index >= 15 is 0 Å². The molecule has 0 saturated heterocycles. The van der Waals surface area contributed by atoms with Gasteiger partial charge in [0.2, 0.25) is 5.91 Å². The Morgan fingerprint density at radius 3 is 2.38 bits per heavy atom. The van der Waals surface area contributed by atoms with E-state index in [-0.39, 0.29) is 12.3 Å². The molecular formula is C15H18N2O4. The van der Waals surface area contributed by atoms with Gasteiger partial charge in [0.05, 0.1) is 0 Å². The molecule has 1 aromatic carbocycles. The van der Waals surface area contributed by atoms with Crippen molar-refractivity contribution in [2.45, 2.75) is 25.8 Å². The van der Waals surface area contributed by atoms with Crippen LogP contribution in [-0.4, -0.2) is 28.9 Å². The van der Waals surface area contributed by atoms with E-state index in [1.165, 1.54) is 19.1 Å². The Bertz CT molecular complexity index is 537. The number of carbonyl (C=O) groups excluding carboxylic acids is 2. The standard InChI is InChI=1S/C15H18N2O4/c1-3-4-5-13(15(20)21)17-14(19)11-6-8-12(9-7-11)16-10(2)18/h3,6-9,13H,1,4-5H2,2H3,(H,16,18)(H,17,19)(H,20,21). The molecule has 2 amide bonds. The molecule has 0 aliphatic rings. The number of carboxylic acid groups (broad SMARTS) is 1. The number of carbonyl (C=O) groups is 3. The summed E-state index contributed by atoms with van der Waals surface area (Å²) in [6.07, 6.45) is 2.39. The maximum absolute atomic E-state index is 12.0. The van der Waals surface area contributed by atoms with Gasteiger partial charge in [0, 0.05) is 18.2 Å². The van der Waals surface area contributed by atoms with Gasteiger partial charge in [0.15, 0.2) is 0 Å². The maximum Gasteiger partial charge on any atom is 0.326 e. The van der Waals surface area contributed by atoms with Crippen LogP contribution in [-0.2, 0) is 9.59 Å². The Morgan fingerprint density at radius 1 is 1.29 bits per heavy atom. The van der Waals surface area contributed by atoms with E-state index in [2.05, 4.69) is 17.2 Å². The molecule has 6 heteroatoms. The highest BCUT2D eigenvalue weighted by Gasteiger charge is 2.19. The molecule has 112 valence electrons. The van der Waals surface area contributed by atoms with E-state index in [1.54, 1.807) is 18.2 Å². The number of nitrogens with one attached hydrogen (secondary N) is 2. The summed E-state index contributed by atoms with van der Waals surface area (Å²) < 4.78 is 0. The zero-order chi connectivity index (χ0) is 15.8. The van der Waals surface area contributed by atoms with E-state index < -0.39 is 17.9 Å². The van der Waals surface area contributed by atoms with Crippen molar-refractivity contribution >= 4 is 23.5 Å². The summed E-state index contributed by atoms with van der Waals surface area (Å²) in [7, 11) is 0. The van der Waals surface area contributed by atoms with Gasteiger partial charge in [-0.2, -0.15) is 0 Å². The van der Waals surface area contributed by atoms with E-state index in [0.717, 1.165) is 0 Å². The summed E-state index contributed by atoms with van der Waals surface area (Å²) >= 11 is 0. The minimum absolute atomic E-state index is 0.206. The van der Waals surface area contributed by atoms with Crippen molar-refractivity contribution in [3.05, 3.63) is 42.5 Å². The number of hydrogen-bond donors (Lipinski definition) is 3. The van der Waals surface area contributed by atoms with Crippen LogP contribution in [0.1, 0.15) is 30.1 Å². The monoisotopic (exact) mass is 290 g/mol. The minimum Gasteiger partial charge on any atom is -0.480 e. The van der Waals surface area contributed by atoms with Crippen molar-refractivity contribution in [2.24, 2.45) is 0 Å². The molecule has 0 saturated carbocycles. The molecule has 0 heterocycles. The highest BCUT2D eigenvalue weighted by Crippen LogP contribution is 2.10. The Kier molecular flexibility index (Phi) is 6.13. The number of rotatable bonds is 7. The van der Waals surface area contributed by atoms with Crippen LogP contribution in [0.4, 0.5) is 5.69 Å². The van der Waals surface area contributed by atoms with Gasteiger partial charge in [-0.3, -0.25) is 9.59 Å². The van der Waals surface area contributed by atoms with Crippen LogP contribution in [0.15, 0.2) is 36.9 Å². The lowest BCUT2D eigenvalue weighted by Gasteiger charge is -2.13. The topological polar surface area (TPSA) is 95.5 Å². The van der Waals surface area contributed by atoms with Gasteiger partial charge < -0.3 is 15.7 Å². The van der Waals surface area contributed by atoms with Crippen molar-refractivity contribution in [2.75, 3.05) is 5.32 Å². The lowest BCUT2D eigenvalue weighted by Crippen LogP contribution is -2.40. The molecule has 0 aliphatic heterocycles. The number of anilines is 1. The number of carboxylic acids is 1. The molecule has 0 aromatic heterocycles. The first kappa shape index (κ1) is 16.4. The number of benzene rings is 1. The van der Waals surface area contributed by atoms with E-state index in [0.29, 0.717) is 17.7 Å². The van der Waals surface area contributed by atoms with Crippen molar-refractivity contribution in [1.82, 2.24) is 5.32 Å². The summed E-state index contributed by atoms with van der Waals surface area (Å²) in [6.45, 7) is 4.91. The Morgan fingerprint density at radius 2 is 1.90 bits per heavy atom. The largest absolute Gasteiger partial charge is 0.480 e. The molecule has 21 heavy (non-hydrogen) atoms. The first-order valence-electron chi connectivity index (χ1n) is 6.46. The van der Waals surface area contributed by atoms with E-state index in [9.17, 15) is 14.4 Å². The minimum atomic E-state index is -1.08. The summed E-state index contributed by atoms with van der Waals surface area (Å²) in [4.78, 5) is 33.9. The second kappa shape index (κ2) is 7.84. The highest BCUT2D eigenvalue weighted by molar-refractivity contribution is 5.97. The Balaban J connectivity index is 2.71. The summed E-state index contributed by atoms with van der Waals surface area (Å²) in [5, 5.41) is 14.1. The summed E-state index contributed by atoms with van der Waals surface area (Å²) in [5.74, 6) is -1.76. The Labute approximate surface area is 122 Å². The highest BCUT2D eigenvalue weighted by atomic mass is 16.4. The van der Waals surface area contributed by atoms with Crippen molar-refractivity contribution in [1.29, 1.82) is 0 Å². The van der Waals surface area contributed by atoms with Crippen LogP contribution in [0, 0.1) is 0 Å². The normalized spacial score (nSPS) is 11.3. The zero-order valence-corrected chi connectivity index (χ0v) is 11.8. The fraction of sp³-hybridized carbons (Fsp3) is 0.267. The third-order valence-corrected chi connectivity index (χ3v) is 2.73. The van der Waals surface area contributed by atoms with E-state index in [4.69, 9.17) is 5.11 Å². The van der Waals surface area contributed by atoms with Crippen LogP contribution < -0.4 is 10.6 Å². The first-order valence-corrected chi connectivity index (χ1v) is 6.46. The van der Waals surface area contributed by atoms with Gasteiger partial charge in [-0.05, 0) is 37.1 Å². The summed E-state index contributed by atoms with van der Waals surface area (Å²) in [5.41, 5.74) is 0.898. The fourth-order valence-electron chi connectivity index (χ4n) is 1.69. The zero-order valence-electron chi connectivity index (χ0n) is 11.8. The van der Waals surface area contributed by atoms with Gasteiger partial charge in [0.1, 0.15) is 6.04 Å². The van der Waals surface area contributed by atoms with Crippen LogP contribution in [0.25, 0.3) is 0 Å². The molecule has 1 aromatic rings. The number of amides is 2. The predicted molar refractivity (Wildman–Crippen MR) is 79.1 cm³/mol. The second-order valence-corrected chi connectivity index (χ2v) is 4.49. The third kappa shape index (κ3) is 5.48. The van der Waals surface area contributed by atoms with Crippen LogP contribution in [0.3, 0.4) is 0 Å². The number of aliphatic carboxylic acids is 1. The van der Waals surface area contributed by atoms with Gasteiger partial charge in [-0.15, -0.1) is 6.58 Å². The lowest BCUT2D eigenvalue weighted by atomic mass is 10.1. The molecular weight excluding hydrogens is 272 g/mol. The molecule has 0 radical (unpaired) electrons. The van der Waals surface area contributed by atoms with Gasteiger partial charge in [-0.25, -0.2) is 4.79 Å². The Hall–Kier alpha value is -2.63. The maximum atomic E-state index is 12.0. The van der Waals surface area contributed by atoms with Crippen molar-refractivity contribution in [3.8, 4) is 0 Å². The second-order valence-electron chi connectivity index (χ2n) is 4.49. The molecule has 3 N–H and O–H groups in total. The van der Waals surface area contributed by atoms with Gasteiger partial charge in [-0.1, -0.05) is 6.08 Å².